The molecule has 1 atom stereocenters. The number of aryl methyl sites for hydroxylation is 3. The number of carbonyl (C=O) groups excluding carboxylic acids is 1. The van der Waals surface area contributed by atoms with E-state index < -0.39 is 0 Å². The van der Waals surface area contributed by atoms with Crippen LogP contribution in [0.15, 0.2) is 60.7 Å². The van der Waals surface area contributed by atoms with Gasteiger partial charge in [0.05, 0.1) is 17.1 Å². The third-order valence-corrected chi connectivity index (χ3v) is 4.48. The summed E-state index contributed by atoms with van der Waals surface area (Å²) < 4.78 is 1.85. The molecule has 0 aliphatic carbocycles. The van der Waals surface area contributed by atoms with E-state index in [1.165, 1.54) is 5.56 Å². The molecule has 0 saturated carbocycles. The van der Waals surface area contributed by atoms with Gasteiger partial charge in [0.1, 0.15) is 0 Å². The van der Waals surface area contributed by atoms with Crippen LogP contribution in [-0.4, -0.2) is 21.9 Å². The van der Waals surface area contributed by atoms with Gasteiger partial charge in [-0.25, -0.2) is 9.48 Å². The van der Waals surface area contributed by atoms with Gasteiger partial charge in [-0.15, -0.1) is 0 Å². The fourth-order valence-electron chi connectivity index (χ4n) is 3.12. The van der Waals surface area contributed by atoms with Crippen LogP contribution < -0.4 is 10.6 Å². The maximum atomic E-state index is 12.5. The Bertz CT molecular complexity index is 902. The monoisotopic (exact) mass is 362 g/mol. The summed E-state index contributed by atoms with van der Waals surface area (Å²) in [6, 6.07) is 19.9. The number of anilines is 1. The summed E-state index contributed by atoms with van der Waals surface area (Å²) in [6.45, 7) is 5.98. The quantitative estimate of drug-likeness (QED) is 0.671. The Kier molecular flexibility index (Phi) is 5.91. The van der Waals surface area contributed by atoms with E-state index in [0.717, 1.165) is 35.6 Å². The summed E-state index contributed by atoms with van der Waals surface area (Å²) in [7, 11) is 0. The van der Waals surface area contributed by atoms with Crippen LogP contribution in [0.25, 0.3) is 5.69 Å². The molecule has 5 heteroatoms. The zero-order valence-corrected chi connectivity index (χ0v) is 16.1. The number of nitrogens with one attached hydrogen (secondary N) is 2. The number of carbonyl (C=O) groups is 1. The number of para-hydroxylation sites is 2. The molecule has 1 heterocycles. The summed E-state index contributed by atoms with van der Waals surface area (Å²) in [4.78, 5) is 12.5. The van der Waals surface area contributed by atoms with Gasteiger partial charge in [-0.3, -0.25) is 0 Å². The Morgan fingerprint density at radius 1 is 1.07 bits per heavy atom. The van der Waals surface area contributed by atoms with Crippen molar-refractivity contribution in [3.8, 4) is 5.69 Å². The number of urea groups is 1. The highest BCUT2D eigenvalue weighted by Crippen LogP contribution is 2.21. The lowest BCUT2D eigenvalue weighted by atomic mass is 10.1. The van der Waals surface area contributed by atoms with E-state index in [1.54, 1.807) is 0 Å². The fourth-order valence-corrected chi connectivity index (χ4v) is 3.12. The molecule has 140 valence electrons. The number of benzene rings is 2. The minimum Gasteiger partial charge on any atom is -0.335 e. The average Bonchev–Trinajstić information content (AvgIpc) is 2.99. The number of hydrogen-bond acceptors (Lipinski definition) is 2. The molecule has 2 N–H and O–H groups in total. The molecule has 5 nitrogen and oxygen atoms in total. The Balaban J connectivity index is 1.62. The van der Waals surface area contributed by atoms with Crippen LogP contribution in [0.4, 0.5) is 10.5 Å². The van der Waals surface area contributed by atoms with Crippen LogP contribution in [0.3, 0.4) is 0 Å². The molecule has 1 unspecified atom stereocenters. The van der Waals surface area contributed by atoms with Crippen molar-refractivity contribution in [2.24, 2.45) is 0 Å². The van der Waals surface area contributed by atoms with Crippen LogP contribution in [0, 0.1) is 13.8 Å². The Morgan fingerprint density at radius 2 is 1.78 bits per heavy atom. The van der Waals surface area contributed by atoms with Crippen LogP contribution in [-0.2, 0) is 6.42 Å². The molecule has 27 heavy (non-hydrogen) atoms. The topological polar surface area (TPSA) is 59.0 Å². The second-order valence-corrected chi connectivity index (χ2v) is 6.88. The summed E-state index contributed by atoms with van der Waals surface area (Å²) in [5.74, 6) is 0. The molecule has 0 radical (unpaired) electrons. The largest absolute Gasteiger partial charge is 0.335 e. The molecule has 2 amide bonds. The summed E-state index contributed by atoms with van der Waals surface area (Å²) in [5.41, 5.74) is 4.84. The molecule has 3 aromatic rings. The maximum absolute atomic E-state index is 12.5. The van der Waals surface area contributed by atoms with E-state index in [2.05, 4.69) is 27.9 Å². The third-order valence-electron chi connectivity index (χ3n) is 4.48. The van der Waals surface area contributed by atoms with E-state index in [9.17, 15) is 4.79 Å². The van der Waals surface area contributed by atoms with Crippen molar-refractivity contribution in [1.29, 1.82) is 0 Å². The lowest BCUT2D eigenvalue weighted by molar-refractivity contribution is 0.248. The van der Waals surface area contributed by atoms with Gasteiger partial charge in [0.25, 0.3) is 0 Å². The summed E-state index contributed by atoms with van der Waals surface area (Å²) >= 11 is 0. The molecule has 0 spiro atoms. The maximum Gasteiger partial charge on any atom is 0.319 e. The van der Waals surface area contributed by atoms with Crippen LogP contribution in [0.1, 0.15) is 30.3 Å². The van der Waals surface area contributed by atoms with Gasteiger partial charge in [-0.2, -0.15) is 5.10 Å². The third kappa shape index (κ3) is 4.97. The predicted octanol–water partition coefficient (Wildman–Crippen LogP) is 4.63. The molecular weight excluding hydrogens is 336 g/mol. The second kappa shape index (κ2) is 8.54. The molecule has 0 saturated heterocycles. The molecule has 0 fully saturated rings. The SMILES string of the molecule is Cc1cc(C)n(-c2ccccc2NC(=O)NC(C)CCc2ccccc2)n1. The van der Waals surface area contributed by atoms with Gasteiger partial charge in [0, 0.05) is 11.7 Å². The number of aromatic nitrogens is 2. The van der Waals surface area contributed by atoms with Gasteiger partial charge in [-0.1, -0.05) is 42.5 Å². The average molecular weight is 362 g/mol. The van der Waals surface area contributed by atoms with Gasteiger partial charge in [0.15, 0.2) is 0 Å². The molecule has 1 aromatic heterocycles. The van der Waals surface area contributed by atoms with Gasteiger partial charge in [-0.05, 0) is 57.4 Å². The zero-order valence-electron chi connectivity index (χ0n) is 16.1. The van der Waals surface area contributed by atoms with Gasteiger partial charge >= 0.3 is 6.03 Å². The Morgan fingerprint density at radius 3 is 2.48 bits per heavy atom. The van der Waals surface area contributed by atoms with Crippen molar-refractivity contribution in [3.63, 3.8) is 0 Å². The first kappa shape index (κ1) is 18.7. The first-order chi connectivity index (χ1) is 13.0. The molecule has 2 aromatic carbocycles. The molecule has 0 bridgehead atoms. The van der Waals surface area contributed by atoms with E-state index >= 15 is 0 Å². The van der Waals surface area contributed by atoms with E-state index in [1.807, 2.05) is 74.0 Å². The molecule has 3 rings (SSSR count). The van der Waals surface area contributed by atoms with Crippen molar-refractivity contribution in [1.82, 2.24) is 15.1 Å². The first-order valence-electron chi connectivity index (χ1n) is 9.27. The lowest BCUT2D eigenvalue weighted by Gasteiger charge is -2.16. The van der Waals surface area contributed by atoms with Crippen molar-refractivity contribution in [2.75, 3.05) is 5.32 Å². The van der Waals surface area contributed by atoms with Crippen LogP contribution >= 0.6 is 0 Å². The highest BCUT2D eigenvalue weighted by molar-refractivity contribution is 5.91. The van der Waals surface area contributed by atoms with Crippen LogP contribution in [0.2, 0.25) is 0 Å². The minimum absolute atomic E-state index is 0.0750. The Labute approximate surface area is 160 Å². The van der Waals surface area contributed by atoms with Gasteiger partial charge < -0.3 is 10.6 Å². The zero-order chi connectivity index (χ0) is 19.2. The number of hydrogen-bond donors (Lipinski definition) is 2. The predicted molar refractivity (Wildman–Crippen MR) is 109 cm³/mol. The van der Waals surface area contributed by atoms with E-state index in [-0.39, 0.29) is 12.1 Å². The normalized spacial score (nSPS) is 11.8. The van der Waals surface area contributed by atoms with Crippen molar-refractivity contribution >= 4 is 11.7 Å². The Hall–Kier alpha value is -3.08. The molecule has 0 aliphatic rings. The second-order valence-electron chi connectivity index (χ2n) is 6.88. The van der Waals surface area contributed by atoms with Crippen molar-refractivity contribution in [3.05, 3.63) is 77.6 Å². The fraction of sp³-hybridized carbons (Fsp3) is 0.273. The van der Waals surface area contributed by atoms with Crippen LogP contribution in [0.5, 0.6) is 0 Å². The van der Waals surface area contributed by atoms with Crippen molar-refractivity contribution in [2.45, 2.75) is 39.7 Å². The number of nitrogens with zero attached hydrogens (tertiary/aromatic N) is 2. The highest BCUT2D eigenvalue weighted by atomic mass is 16.2. The highest BCUT2D eigenvalue weighted by Gasteiger charge is 2.12. The minimum atomic E-state index is -0.204. The lowest BCUT2D eigenvalue weighted by Crippen LogP contribution is -2.36. The van der Waals surface area contributed by atoms with Crippen molar-refractivity contribution < 1.29 is 4.79 Å². The standard InChI is InChI=1S/C22H26N4O/c1-16(13-14-19-9-5-4-6-10-19)23-22(27)24-20-11-7-8-12-21(20)26-18(3)15-17(2)25-26/h4-12,15-16H,13-14H2,1-3H3,(H2,23,24,27). The smallest absolute Gasteiger partial charge is 0.319 e. The number of rotatable bonds is 6. The summed E-state index contributed by atoms with van der Waals surface area (Å²) in [6.07, 6.45) is 1.82. The molecular formula is C22H26N4O. The first-order valence-corrected chi connectivity index (χ1v) is 9.27. The number of amides is 2. The van der Waals surface area contributed by atoms with E-state index in [0.29, 0.717) is 0 Å². The van der Waals surface area contributed by atoms with E-state index in [4.69, 9.17) is 0 Å². The molecule has 0 aliphatic heterocycles. The van der Waals surface area contributed by atoms with Gasteiger partial charge in [0.2, 0.25) is 0 Å². The summed E-state index contributed by atoms with van der Waals surface area (Å²) in [5, 5.41) is 10.5.